The Morgan fingerprint density at radius 1 is 1.05 bits per heavy atom. The zero-order chi connectivity index (χ0) is 14.6. The fourth-order valence-corrected chi connectivity index (χ4v) is 2.64. The Hall–Kier alpha value is -1.75. The van der Waals surface area contributed by atoms with Crippen molar-refractivity contribution in [3.05, 3.63) is 23.8 Å². The summed E-state index contributed by atoms with van der Waals surface area (Å²) in [6.45, 7) is 0.197. The molecule has 0 spiro atoms. The van der Waals surface area contributed by atoms with Gasteiger partial charge in [-0.25, -0.2) is 0 Å². The molecular weight excluding hydrogens is 258 g/mol. The average Bonchev–Trinajstić information content (AvgIpc) is 2.60. The van der Waals surface area contributed by atoms with E-state index < -0.39 is 11.5 Å². The van der Waals surface area contributed by atoms with Gasteiger partial charge in [-0.2, -0.15) is 0 Å². The predicted molar refractivity (Wildman–Crippen MR) is 74.8 cm³/mol. The van der Waals surface area contributed by atoms with Crippen molar-refractivity contribution in [2.75, 3.05) is 6.54 Å². The lowest BCUT2D eigenvalue weighted by atomic mass is 9.94. The van der Waals surface area contributed by atoms with E-state index in [1.807, 2.05) is 0 Å². The summed E-state index contributed by atoms with van der Waals surface area (Å²) >= 11 is 0. The van der Waals surface area contributed by atoms with Crippen molar-refractivity contribution < 1.29 is 20.1 Å². The van der Waals surface area contributed by atoms with E-state index in [4.69, 9.17) is 0 Å². The van der Waals surface area contributed by atoms with Gasteiger partial charge in [-0.05, 0) is 25.0 Å². The first kappa shape index (κ1) is 14.7. The Balaban J connectivity index is 1.97. The highest BCUT2D eigenvalue weighted by molar-refractivity contribution is 5.95. The molecule has 0 bridgehead atoms. The van der Waals surface area contributed by atoms with Crippen molar-refractivity contribution in [1.82, 2.24) is 5.32 Å². The first-order valence-electron chi connectivity index (χ1n) is 7.02. The van der Waals surface area contributed by atoms with Crippen LogP contribution in [0.1, 0.15) is 48.9 Å². The van der Waals surface area contributed by atoms with Gasteiger partial charge in [0.2, 0.25) is 0 Å². The van der Waals surface area contributed by atoms with Gasteiger partial charge >= 0.3 is 0 Å². The second-order valence-electron chi connectivity index (χ2n) is 5.56. The standard InChI is InChI=1S/C15H21NO4/c17-12-7-11(8-13(18)9-12)14(19)16-10-15(20)5-3-1-2-4-6-15/h7-9,17-18,20H,1-6,10H2,(H,16,19). The summed E-state index contributed by atoms with van der Waals surface area (Å²) < 4.78 is 0. The molecule has 1 aliphatic carbocycles. The van der Waals surface area contributed by atoms with Gasteiger partial charge in [0.05, 0.1) is 5.60 Å². The molecule has 1 saturated carbocycles. The van der Waals surface area contributed by atoms with Crippen LogP contribution in [0, 0.1) is 0 Å². The van der Waals surface area contributed by atoms with Crippen LogP contribution in [0.15, 0.2) is 18.2 Å². The molecule has 0 atom stereocenters. The van der Waals surface area contributed by atoms with E-state index in [2.05, 4.69) is 5.32 Å². The number of aromatic hydroxyl groups is 2. The maximum Gasteiger partial charge on any atom is 0.251 e. The summed E-state index contributed by atoms with van der Waals surface area (Å²) in [6.07, 6.45) is 5.57. The van der Waals surface area contributed by atoms with E-state index in [1.54, 1.807) is 0 Å². The van der Waals surface area contributed by atoms with Gasteiger partial charge in [0, 0.05) is 18.2 Å². The lowest BCUT2D eigenvalue weighted by Crippen LogP contribution is -2.42. The lowest BCUT2D eigenvalue weighted by molar-refractivity contribution is 0.0246. The highest BCUT2D eigenvalue weighted by Crippen LogP contribution is 2.26. The van der Waals surface area contributed by atoms with Gasteiger partial charge in [-0.3, -0.25) is 4.79 Å². The van der Waals surface area contributed by atoms with Crippen LogP contribution < -0.4 is 5.32 Å². The van der Waals surface area contributed by atoms with E-state index in [1.165, 1.54) is 12.1 Å². The second-order valence-corrected chi connectivity index (χ2v) is 5.56. The molecule has 1 aliphatic rings. The van der Waals surface area contributed by atoms with E-state index >= 15 is 0 Å². The first-order valence-corrected chi connectivity index (χ1v) is 7.02. The van der Waals surface area contributed by atoms with E-state index in [0.29, 0.717) is 12.8 Å². The van der Waals surface area contributed by atoms with E-state index in [-0.39, 0.29) is 23.6 Å². The summed E-state index contributed by atoms with van der Waals surface area (Å²) in [5, 5.41) is 31.8. The van der Waals surface area contributed by atoms with Crippen LogP contribution in [0.2, 0.25) is 0 Å². The monoisotopic (exact) mass is 279 g/mol. The molecule has 5 nitrogen and oxygen atoms in total. The molecule has 1 aromatic rings. The zero-order valence-corrected chi connectivity index (χ0v) is 11.4. The molecule has 0 saturated heterocycles. The number of benzene rings is 1. The van der Waals surface area contributed by atoms with Crippen LogP contribution in [0.5, 0.6) is 11.5 Å². The van der Waals surface area contributed by atoms with Crippen LogP contribution in [0.3, 0.4) is 0 Å². The van der Waals surface area contributed by atoms with Gasteiger partial charge in [0.25, 0.3) is 5.91 Å². The summed E-state index contributed by atoms with van der Waals surface area (Å²) in [5.41, 5.74) is -0.662. The fourth-order valence-electron chi connectivity index (χ4n) is 2.64. The highest BCUT2D eigenvalue weighted by atomic mass is 16.3. The van der Waals surface area contributed by atoms with E-state index in [9.17, 15) is 20.1 Å². The Morgan fingerprint density at radius 3 is 2.15 bits per heavy atom. The van der Waals surface area contributed by atoms with Crippen LogP contribution in [0.4, 0.5) is 0 Å². The zero-order valence-electron chi connectivity index (χ0n) is 11.4. The molecule has 2 rings (SSSR count). The number of nitrogens with one attached hydrogen (secondary N) is 1. The molecule has 5 heteroatoms. The lowest BCUT2D eigenvalue weighted by Gasteiger charge is -2.26. The topological polar surface area (TPSA) is 89.8 Å². The maximum atomic E-state index is 12.0. The van der Waals surface area contributed by atoms with Crippen LogP contribution in [-0.2, 0) is 0 Å². The van der Waals surface area contributed by atoms with Gasteiger partial charge in [0.1, 0.15) is 11.5 Å². The fraction of sp³-hybridized carbons (Fsp3) is 0.533. The van der Waals surface area contributed by atoms with Crippen LogP contribution in [0.25, 0.3) is 0 Å². The molecule has 0 aromatic heterocycles. The molecule has 0 radical (unpaired) electrons. The Kier molecular flexibility index (Phi) is 4.49. The van der Waals surface area contributed by atoms with Gasteiger partial charge in [-0.1, -0.05) is 25.7 Å². The number of carbonyl (C=O) groups is 1. The minimum atomic E-state index is -0.842. The molecule has 20 heavy (non-hydrogen) atoms. The number of phenolic OH excluding ortho intramolecular Hbond substituents is 2. The SMILES string of the molecule is O=C(NCC1(O)CCCCCC1)c1cc(O)cc(O)c1. The number of hydrogen-bond donors (Lipinski definition) is 4. The van der Waals surface area contributed by atoms with Gasteiger partial charge in [0.15, 0.2) is 0 Å². The summed E-state index contributed by atoms with van der Waals surface area (Å²) in [4.78, 5) is 12.0. The second kappa shape index (κ2) is 6.13. The van der Waals surface area contributed by atoms with Crippen LogP contribution in [-0.4, -0.2) is 33.4 Å². The van der Waals surface area contributed by atoms with Crippen molar-refractivity contribution in [3.63, 3.8) is 0 Å². The predicted octanol–water partition coefficient (Wildman–Crippen LogP) is 1.91. The van der Waals surface area contributed by atoms with Gasteiger partial charge in [-0.15, -0.1) is 0 Å². The van der Waals surface area contributed by atoms with Crippen molar-refractivity contribution in [2.24, 2.45) is 0 Å². The van der Waals surface area contributed by atoms with Crippen molar-refractivity contribution in [2.45, 2.75) is 44.1 Å². The maximum absolute atomic E-state index is 12.0. The highest BCUT2D eigenvalue weighted by Gasteiger charge is 2.28. The summed E-state index contributed by atoms with van der Waals surface area (Å²) in [5.74, 6) is -0.736. The third-order valence-corrected chi connectivity index (χ3v) is 3.78. The molecule has 1 aromatic carbocycles. The minimum absolute atomic E-state index is 0.164. The largest absolute Gasteiger partial charge is 0.508 e. The molecule has 1 amide bonds. The Bertz CT molecular complexity index is 459. The van der Waals surface area contributed by atoms with Crippen molar-refractivity contribution in [1.29, 1.82) is 0 Å². The molecule has 0 aliphatic heterocycles. The Labute approximate surface area is 118 Å². The van der Waals surface area contributed by atoms with Gasteiger partial charge < -0.3 is 20.6 Å². The molecule has 4 N–H and O–H groups in total. The van der Waals surface area contributed by atoms with Crippen molar-refractivity contribution in [3.8, 4) is 11.5 Å². The van der Waals surface area contributed by atoms with E-state index in [0.717, 1.165) is 31.7 Å². The molecule has 1 fully saturated rings. The molecule has 110 valence electrons. The average molecular weight is 279 g/mol. The third kappa shape index (κ3) is 3.87. The quantitative estimate of drug-likeness (QED) is 0.636. The number of aliphatic hydroxyl groups is 1. The summed E-state index contributed by atoms with van der Waals surface area (Å²) in [6, 6.07) is 3.73. The summed E-state index contributed by atoms with van der Waals surface area (Å²) in [7, 11) is 0. The number of carbonyl (C=O) groups excluding carboxylic acids is 1. The first-order chi connectivity index (χ1) is 9.48. The number of amides is 1. The number of rotatable bonds is 3. The smallest absolute Gasteiger partial charge is 0.251 e. The Morgan fingerprint density at radius 2 is 1.60 bits per heavy atom. The van der Waals surface area contributed by atoms with Crippen LogP contribution >= 0.6 is 0 Å². The molecule has 0 unspecified atom stereocenters. The molecular formula is C15H21NO4. The number of phenols is 2. The third-order valence-electron chi connectivity index (χ3n) is 3.78. The minimum Gasteiger partial charge on any atom is -0.508 e. The normalized spacial score (nSPS) is 18.2. The molecule has 0 heterocycles. The van der Waals surface area contributed by atoms with Crippen molar-refractivity contribution >= 4 is 5.91 Å². The number of hydrogen-bond acceptors (Lipinski definition) is 4.